The molecule has 0 atom stereocenters. The fourth-order valence-electron chi connectivity index (χ4n) is 5.65. The van der Waals surface area contributed by atoms with Crippen LogP contribution in [0.5, 0.6) is 0 Å². The lowest BCUT2D eigenvalue weighted by molar-refractivity contribution is 0.0642. The standard InChI is InChI=1S/C30H44F2N8O6S3Si/c1-21(2)48(41,42)38-12-10-37(11-13-38)24-19-22(49(43,44)40(30(33-3)8-9-30)20-46-16-17-50(5,6)7)18-23-25(28-34-35-29(47-28)27(31)32)36-39(26(23)24)14-15-45-4/h18-19,21,27H,8-17,20H2,1-2,4-7H3. The molecule has 0 amide bonds. The number of nitrogens with zero attached hydrogens (tertiary/aromatic N) is 8. The van der Waals surface area contributed by atoms with Gasteiger partial charge in [-0.3, -0.25) is 9.53 Å². The molecule has 1 aliphatic carbocycles. The molecule has 2 aromatic heterocycles. The number of sulfonamides is 2. The van der Waals surface area contributed by atoms with E-state index in [1.54, 1.807) is 18.5 Å². The third-order valence-corrected chi connectivity index (χ3v) is 15.6. The SMILES string of the molecule is [C-]#[N+]C1(N(COCC[Si](C)(C)C)S(=O)(=O)c2cc(N3CCN(S(=O)(=O)C(C)C)CC3)c3c(c2)c(-c2nnc(C(F)F)s2)nn3CCOC)CC1. The zero-order valence-electron chi connectivity index (χ0n) is 29.1. The maximum atomic E-state index is 14.7. The number of methoxy groups -OCH3 is 1. The molecule has 3 heterocycles. The highest BCUT2D eigenvalue weighted by atomic mass is 32.2. The normalized spacial score (nSPS) is 17.4. The number of hydrogen-bond acceptors (Lipinski definition) is 11. The van der Waals surface area contributed by atoms with E-state index in [4.69, 9.17) is 21.1 Å². The van der Waals surface area contributed by atoms with Crippen LogP contribution in [0.15, 0.2) is 17.0 Å². The van der Waals surface area contributed by atoms with Gasteiger partial charge in [0, 0.05) is 53.4 Å². The Hall–Kier alpha value is -2.64. The topological polar surface area (TPSA) is 144 Å². The zero-order valence-corrected chi connectivity index (χ0v) is 32.5. The highest BCUT2D eigenvalue weighted by Gasteiger charge is 2.61. The summed E-state index contributed by atoms with van der Waals surface area (Å²) >= 11 is 0.664. The van der Waals surface area contributed by atoms with E-state index in [-0.39, 0.29) is 61.7 Å². The predicted octanol–water partition coefficient (Wildman–Crippen LogP) is 4.71. The Morgan fingerprint density at radius 2 is 1.76 bits per heavy atom. The Kier molecular flexibility index (Phi) is 11.4. The molecule has 0 unspecified atom stereocenters. The van der Waals surface area contributed by atoms with Gasteiger partial charge in [0.1, 0.15) is 12.4 Å². The zero-order chi connectivity index (χ0) is 36.6. The molecular weight excluding hydrogens is 731 g/mol. The van der Waals surface area contributed by atoms with E-state index in [1.165, 1.54) is 23.5 Å². The van der Waals surface area contributed by atoms with Crippen LogP contribution in [0.2, 0.25) is 25.7 Å². The fourth-order valence-corrected chi connectivity index (χ4v) is 10.0. The van der Waals surface area contributed by atoms with Crippen molar-refractivity contribution in [1.29, 1.82) is 0 Å². The number of rotatable bonds is 16. The lowest BCUT2D eigenvalue weighted by Crippen LogP contribution is -2.50. The van der Waals surface area contributed by atoms with E-state index in [0.29, 0.717) is 47.4 Å². The van der Waals surface area contributed by atoms with Gasteiger partial charge in [-0.2, -0.15) is 9.40 Å². The van der Waals surface area contributed by atoms with E-state index in [2.05, 4.69) is 34.7 Å². The summed E-state index contributed by atoms with van der Waals surface area (Å²) in [6.45, 7) is 19.1. The molecule has 0 radical (unpaired) electrons. The molecule has 1 saturated carbocycles. The van der Waals surface area contributed by atoms with E-state index in [1.807, 2.05) is 4.90 Å². The molecule has 50 heavy (non-hydrogen) atoms. The molecule has 1 aliphatic heterocycles. The number of aromatic nitrogens is 4. The van der Waals surface area contributed by atoms with Crippen molar-refractivity contribution in [3.63, 3.8) is 0 Å². The monoisotopic (exact) mass is 774 g/mol. The molecule has 1 aromatic carbocycles. The second-order valence-corrected chi connectivity index (χ2v) is 24.9. The molecule has 0 bridgehead atoms. The number of ether oxygens (including phenoxy) is 2. The number of piperazine rings is 1. The molecule has 14 nitrogen and oxygen atoms in total. The number of hydrogen-bond donors (Lipinski definition) is 0. The molecule has 3 aromatic rings. The summed E-state index contributed by atoms with van der Waals surface area (Å²) in [7, 11) is -7.86. The Morgan fingerprint density at radius 1 is 1.08 bits per heavy atom. The van der Waals surface area contributed by atoms with Crippen molar-refractivity contribution in [2.75, 3.05) is 58.1 Å². The number of halogens is 2. The largest absolute Gasteiger partial charge is 0.383 e. The quantitative estimate of drug-likeness (QED) is 0.0869. The van der Waals surface area contributed by atoms with Crippen LogP contribution in [-0.4, -0.2) is 118 Å². The van der Waals surface area contributed by atoms with Gasteiger partial charge in [-0.25, -0.2) is 32.2 Å². The maximum absolute atomic E-state index is 14.7. The molecule has 276 valence electrons. The van der Waals surface area contributed by atoms with Gasteiger partial charge in [-0.05, 0) is 32.0 Å². The lowest BCUT2D eigenvalue weighted by Gasteiger charge is -2.36. The summed E-state index contributed by atoms with van der Waals surface area (Å²) in [5.41, 5.74) is -0.137. The van der Waals surface area contributed by atoms with Crippen molar-refractivity contribution in [2.24, 2.45) is 0 Å². The van der Waals surface area contributed by atoms with Gasteiger partial charge < -0.3 is 14.4 Å². The number of alkyl halides is 2. The summed E-state index contributed by atoms with van der Waals surface area (Å²) in [6, 6.07) is 3.78. The Bertz CT molecular complexity index is 1950. The first-order valence-electron chi connectivity index (χ1n) is 16.3. The first-order chi connectivity index (χ1) is 23.4. The minimum atomic E-state index is -4.38. The van der Waals surface area contributed by atoms with Gasteiger partial charge in [0.15, 0.2) is 10.0 Å². The lowest BCUT2D eigenvalue weighted by atomic mass is 10.1. The average molecular weight is 775 g/mol. The van der Waals surface area contributed by atoms with Crippen LogP contribution >= 0.6 is 11.3 Å². The highest BCUT2D eigenvalue weighted by Crippen LogP contribution is 2.47. The van der Waals surface area contributed by atoms with E-state index < -0.39 is 50.5 Å². The Morgan fingerprint density at radius 3 is 2.30 bits per heavy atom. The van der Waals surface area contributed by atoms with Gasteiger partial charge in [-0.15, -0.1) is 10.2 Å². The summed E-state index contributed by atoms with van der Waals surface area (Å²) < 4.78 is 97.9. The second-order valence-electron chi connectivity index (χ2n) is 13.9. The Balaban J connectivity index is 1.66. The molecule has 20 heteroatoms. The van der Waals surface area contributed by atoms with Gasteiger partial charge in [-0.1, -0.05) is 35.3 Å². The van der Waals surface area contributed by atoms with Crippen molar-refractivity contribution >= 4 is 56.0 Å². The van der Waals surface area contributed by atoms with Gasteiger partial charge in [0.05, 0.1) is 47.3 Å². The van der Waals surface area contributed by atoms with Crippen LogP contribution in [0, 0.1) is 6.57 Å². The van der Waals surface area contributed by atoms with Crippen LogP contribution in [-0.2, 0) is 36.1 Å². The van der Waals surface area contributed by atoms with Crippen LogP contribution in [0.25, 0.3) is 26.4 Å². The van der Waals surface area contributed by atoms with E-state index >= 15 is 0 Å². The molecule has 5 rings (SSSR count). The van der Waals surface area contributed by atoms with Crippen LogP contribution < -0.4 is 4.90 Å². The minimum absolute atomic E-state index is 0.0844. The third-order valence-electron chi connectivity index (χ3n) is 8.83. The van der Waals surface area contributed by atoms with Gasteiger partial charge >= 0.3 is 5.66 Å². The number of anilines is 1. The van der Waals surface area contributed by atoms with Crippen molar-refractivity contribution in [1.82, 2.24) is 28.6 Å². The summed E-state index contributed by atoms with van der Waals surface area (Å²) in [5.74, 6) is 0. The smallest absolute Gasteiger partial charge is 0.303 e. The Labute approximate surface area is 297 Å². The summed E-state index contributed by atoms with van der Waals surface area (Å²) in [4.78, 5) is 5.50. The van der Waals surface area contributed by atoms with Crippen molar-refractivity contribution in [3.8, 4) is 10.7 Å². The van der Waals surface area contributed by atoms with E-state index in [9.17, 15) is 25.6 Å². The van der Waals surface area contributed by atoms with Crippen molar-refractivity contribution in [3.05, 3.63) is 28.6 Å². The fraction of sp³-hybridized carbons (Fsp3) is 0.667. The van der Waals surface area contributed by atoms with Crippen LogP contribution in [0.1, 0.15) is 38.1 Å². The number of fused-ring (bicyclic) bond motifs is 1. The predicted molar refractivity (Wildman–Crippen MR) is 190 cm³/mol. The number of benzene rings is 1. The summed E-state index contributed by atoms with van der Waals surface area (Å²) in [5, 5.41) is 11.7. The molecule has 0 spiro atoms. The summed E-state index contributed by atoms with van der Waals surface area (Å²) in [6.07, 6.45) is -2.14. The highest BCUT2D eigenvalue weighted by molar-refractivity contribution is 7.89. The molecule has 2 fully saturated rings. The third kappa shape index (κ3) is 7.89. The van der Waals surface area contributed by atoms with Gasteiger partial charge in [0.25, 0.3) is 16.4 Å². The van der Waals surface area contributed by atoms with Gasteiger partial charge in [0.2, 0.25) is 10.0 Å². The molecule has 0 N–H and O–H groups in total. The maximum Gasteiger partial charge on any atom is 0.303 e. The van der Waals surface area contributed by atoms with Crippen LogP contribution in [0.3, 0.4) is 0 Å². The van der Waals surface area contributed by atoms with E-state index in [0.717, 1.165) is 10.3 Å². The minimum Gasteiger partial charge on any atom is -0.383 e. The second kappa shape index (κ2) is 14.8. The first kappa shape index (κ1) is 38.6. The molecular formula is C30H44F2N8O6S3Si. The average Bonchev–Trinajstić information content (AvgIpc) is 3.51. The molecule has 2 aliphatic rings. The van der Waals surface area contributed by atoms with Crippen LogP contribution in [0.4, 0.5) is 14.5 Å². The van der Waals surface area contributed by atoms with Crippen molar-refractivity contribution < 1.29 is 35.1 Å². The molecule has 1 saturated heterocycles. The van der Waals surface area contributed by atoms with Crippen molar-refractivity contribution in [2.45, 2.75) is 81.2 Å². The first-order valence-corrected chi connectivity index (χ1v) is 23.8.